The number of Topliss-reactive ketones (excluding diaryl/α,β-unsaturated/α-hetero) is 1. The molecule has 0 spiro atoms. The molecular weight excluding hydrogens is 466 g/mol. The van der Waals surface area contributed by atoms with Crippen molar-refractivity contribution in [3.8, 4) is 5.75 Å². The molecule has 35 heavy (non-hydrogen) atoms. The molecule has 0 aliphatic carbocycles. The quantitative estimate of drug-likeness (QED) is 0.591. The molecule has 0 aromatic heterocycles. The van der Waals surface area contributed by atoms with E-state index in [1.807, 2.05) is 13.8 Å². The van der Waals surface area contributed by atoms with Crippen molar-refractivity contribution in [2.24, 2.45) is 16.8 Å². The second-order valence-electron chi connectivity index (χ2n) is 9.10. The number of likely N-dealkylation sites (tertiary alicyclic amines) is 1. The second kappa shape index (κ2) is 10.2. The van der Waals surface area contributed by atoms with Crippen LogP contribution in [-0.4, -0.2) is 57.1 Å². The number of benzene rings is 2. The number of hydrogen-bond acceptors (Lipinski definition) is 6. The summed E-state index contributed by atoms with van der Waals surface area (Å²) in [5, 5.41) is 0. The number of aliphatic imine (C=N–C) groups is 1. The van der Waals surface area contributed by atoms with Gasteiger partial charge < -0.3 is 9.64 Å². The highest BCUT2D eigenvalue weighted by molar-refractivity contribution is 7.90. The number of carbonyl (C=O) groups is 2. The molecule has 2 atom stereocenters. The van der Waals surface area contributed by atoms with E-state index in [9.17, 15) is 18.0 Å². The number of nitrogens with one attached hydrogen (secondary N) is 1. The van der Waals surface area contributed by atoms with Crippen LogP contribution < -0.4 is 9.46 Å². The normalized spacial score (nSPS) is 20.1. The van der Waals surface area contributed by atoms with Gasteiger partial charge in [0.2, 0.25) is 5.91 Å². The minimum Gasteiger partial charge on any atom is -0.497 e. The molecule has 0 unspecified atom stereocenters. The van der Waals surface area contributed by atoms with Crippen LogP contribution in [0.2, 0.25) is 0 Å². The maximum absolute atomic E-state index is 13.5. The first-order valence-electron chi connectivity index (χ1n) is 11.9. The van der Waals surface area contributed by atoms with Crippen LogP contribution >= 0.6 is 0 Å². The Hall–Kier alpha value is -3.20. The summed E-state index contributed by atoms with van der Waals surface area (Å²) in [6.07, 6.45) is 1.87. The number of amides is 1. The molecule has 1 fully saturated rings. The fourth-order valence-electron chi connectivity index (χ4n) is 4.56. The van der Waals surface area contributed by atoms with E-state index in [1.54, 1.807) is 54.5 Å². The lowest BCUT2D eigenvalue weighted by molar-refractivity contribution is -0.134. The molecule has 0 bridgehead atoms. The highest BCUT2D eigenvalue weighted by Crippen LogP contribution is 2.27. The summed E-state index contributed by atoms with van der Waals surface area (Å²) in [6, 6.07) is 13.0. The number of ether oxygens (including phenoxy) is 1. The molecule has 1 saturated heterocycles. The number of sulfonamides is 1. The summed E-state index contributed by atoms with van der Waals surface area (Å²) in [5.41, 5.74) is 1.13. The number of amidine groups is 1. The number of carbonyl (C=O) groups excluding carboxylic acids is 2. The lowest BCUT2D eigenvalue weighted by Gasteiger charge is -2.34. The number of ketones is 1. The Kier molecular flexibility index (Phi) is 7.25. The van der Waals surface area contributed by atoms with Gasteiger partial charge in [-0.25, -0.2) is 8.42 Å². The molecule has 186 valence electrons. The maximum Gasteiger partial charge on any atom is 0.263 e. The molecule has 4 rings (SSSR count). The van der Waals surface area contributed by atoms with Gasteiger partial charge in [-0.1, -0.05) is 32.4 Å². The summed E-state index contributed by atoms with van der Waals surface area (Å²) in [5.74, 6) is 0.636. The van der Waals surface area contributed by atoms with Gasteiger partial charge in [0.25, 0.3) is 10.0 Å². The van der Waals surface area contributed by atoms with E-state index in [4.69, 9.17) is 4.74 Å². The van der Waals surface area contributed by atoms with Crippen LogP contribution in [0.25, 0.3) is 0 Å². The summed E-state index contributed by atoms with van der Waals surface area (Å²) in [7, 11) is -2.10. The van der Waals surface area contributed by atoms with Crippen molar-refractivity contribution in [3.05, 3.63) is 59.7 Å². The number of nitrogens with zero attached hydrogens (tertiary/aromatic N) is 2. The van der Waals surface area contributed by atoms with Crippen LogP contribution in [0.15, 0.2) is 58.4 Å². The topological polar surface area (TPSA) is 105 Å². The zero-order valence-corrected chi connectivity index (χ0v) is 21.0. The Balaban J connectivity index is 1.48. The lowest BCUT2D eigenvalue weighted by Crippen LogP contribution is -2.46. The Bertz CT molecular complexity index is 1230. The molecule has 2 heterocycles. The van der Waals surface area contributed by atoms with Crippen molar-refractivity contribution in [1.82, 2.24) is 9.62 Å². The zero-order valence-electron chi connectivity index (χ0n) is 20.2. The summed E-state index contributed by atoms with van der Waals surface area (Å²) < 4.78 is 32.6. The summed E-state index contributed by atoms with van der Waals surface area (Å²) in [4.78, 5) is 33.0. The molecule has 1 N–H and O–H groups in total. The highest BCUT2D eigenvalue weighted by Gasteiger charge is 2.36. The number of piperidine rings is 1. The van der Waals surface area contributed by atoms with Crippen molar-refractivity contribution in [2.45, 2.75) is 44.0 Å². The van der Waals surface area contributed by atoms with E-state index in [0.717, 1.165) is 0 Å². The lowest BCUT2D eigenvalue weighted by atomic mass is 9.88. The first kappa shape index (κ1) is 24.9. The molecule has 0 saturated carbocycles. The van der Waals surface area contributed by atoms with Crippen LogP contribution in [0.1, 0.15) is 49.0 Å². The predicted molar refractivity (Wildman–Crippen MR) is 133 cm³/mol. The third-order valence-electron chi connectivity index (χ3n) is 6.92. The Morgan fingerprint density at radius 1 is 1.11 bits per heavy atom. The van der Waals surface area contributed by atoms with E-state index in [2.05, 4.69) is 9.71 Å². The monoisotopic (exact) mass is 497 g/mol. The SMILES string of the molecule is CC[C@H](C)[C@H](N=C1NS(=O)(=O)c2ccccc21)C(=O)N1CCC(C(=O)c2ccc(OC)cc2)CC1. The molecule has 8 nitrogen and oxygen atoms in total. The van der Waals surface area contributed by atoms with Gasteiger partial charge in [-0.2, -0.15) is 0 Å². The van der Waals surface area contributed by atoms with Gasteiger partial charge >= 0.3 is 0 Å². The van der Waals surface area contributed by atoms with Crippen molar-refractivity contribution in [2.75, 3.05) is 20.2 Å². The predicted octanol–water partition coefficient (Wildman–Crippen LogP) is 3.27. The third-order valence-corrected chi connectivity index (χ3v) is 8.32. The van der Waals surface area contributed by atoms with Crippen molar-refractivity contribution in [3.63, 3.8) is 0 Å². The van der Waals surface area contributed by atoms with E-state index >= 15 is 0 Å². The Labute approximate surface area is 206 Å². The number of hydrogen-bond donors (Lipinski definition) is 1. The summed E-state index contributed by atoms with van der Waals surface area (Å²) in [6.45, 7) is 4.86. The van der Waals surface area contributed by atoms with Gasteiger partial charge in [0.15, 0.2) is 5.78 Å². The largest absolute Gasteiger partial charge is 0.497 e. The van der Waals surface area contributed by atoms with Crippen molar-refractivity contribution >= 4 is 27.5 Å². The van der Waals surface area contributed by atoms with E-state index in [-0.39, 0.29) is 34.3 Å². The number of rotatable bonds is 7. The first-order valence-corrected chi connectivity index (χ1v) is 13.4. The molecule has 2 aliphatic rings. The van der Waals surface area contributed by atoms with Crippen molar-refractivity contribution in [1.29, 1.82) is 0 Å². The van der Waals surface area contributed by atoms with Gasteiger partial charge in [-0.3, -0.25) is 19.3 Å². The fraction of sp³-hybridized carbons (Fsp3) is 0.423. The average molecular weight is 498 g/mol. The van der Waals surface area contributed by atoms with Crippen LogP contribution in [-0.2, 0) is 14.8 Å². The second-order valence-corrected chi connectivity index (χ2v) is 10.8. The van der Waals surface area contributed by atoms with Gasteiger partial charge in [-0.15, -0.1) is 0 Å². The van der Waals surface area contributed by atoms with Crippen LogP contribution in [0.3, 0.4) is 0 Å². The molecule has 1 amide bonds. The summed E-state index contributed by atoms with van der Waals surface area (Å²) >= 11 is 0. The number of methoxy groups -OCH3 is 1. The standard InChI is InChI=1S/C26H31N3O5S/c1-4-17(2)23(27-25-21-7-5-6-8-22(21)35(32,33)28-25)26(31)29-15-13-19(14-16-29)24(30)18-9-11-20(34-3)12-10-18/h5-12,17,19,23H,4,13-16H2,1-3H3,(H,27,28)/t17-,23-/m0/s1. The average Bonchev–Trinajstić information content (AvgIpc) is 3.15. The zero-order chi connectivity index (χ0) is 25.2. The third kappa shape index (κ3) is 5.10. The number of fused-ring (bicyclic) bond motifs is 1. The van der Waals surface area contributed by atoms with Crippen LogP contribution in [0.4, 0.5) is 0 Å². The highest BCUT2D eigenvalue weighted by atomic mass is 32.2. The van der Waals surface area contributed by atoms with E-state index in [1.165, 1.54) is 6.07 Å². The van der Waals surface area contributed by atoms with Gasteiger partial charge in [0.05, 0.1) is 12.0 Å². The van der Waals surface area contributed by atoms with Gasteiger partial charge in [0, 0.05) is 30.1 Å². The maximum atomic E-state index is 13.5. The molecular formula is C26H31N3O5S. The Morgan fingerprint density at radius 3 is 2.40 bits per heavy atom. The minimum atomic E-state index is -3.68. The van der Waals surface area contributed by atoms with E-state index in [0.29, 0.717) is 49.2 Å². The molecule has 0 radical (unpaired) electrons. The first-order chi connectivity index (χ1) is 16.7. The molecule has 2 aromatic rings. The molecule has 2 aliphatic heterocycles. The van der Waals surface area contributed by atoms with Gasteiger partial charge in [0.1, 0.15) is 17.6 Å². The molecule has 2 aromatic carbocycles. The fourth-order valence-corrected chi connectivity index (χ4v) is 5.80. The Morgan fingerprint density at radius 2 is 1.77 bits per heavy atom. The van der Waals surface area contributed by atoms with Crippen LogP contribution in [0.5, 0.6) is 5.75 Å². The van der Waals surface area contributed by atoms with Crippen LogP contribution in [0, 0.1) is 11.8 Å². The van der Waals surface area contributed by atoms with Crippen molar-refractivity contribution < 1.29 is 22.7 Å². The van der Waals surface area contributed by atoms with Gasteiger partial charge in [-0.05, 0) is 55.2 Å². The minimum absolute atomic E-state index is 0.0779. The smallest absolute Gasteiger partial charge is 0.263 e. The van der Waals surface area contributed by atoms with E-state index < -0.39 is 16.1 Å². The molecule has 9 heteroatoms.